The average Bonchev–Trinajstić information content (AvgIpc) is 2.73. The SMILES string of the molecule is CC/C=C\C[C@H]1CC[C@H](c2cc(F)c(C(F)(F)Oc3cc(F)c(C#N)c(F)c3)c(F)c2)CC1. The summed E-state index contributed by atoms with van der Waals surface area (Å²) >= 11 is 0. The van der Waals surface area contributed by atoms with Crippen LogP contribution in [0, 0.1) is 40.5 Å². The Balaban J connectivity index is 1.77. The maximum Gasteiger partial charge on any atom is 0.432 e. The van der Waals surface area contributed by atoms with Crippen molar-refractivity contribution in [3.63, 3.8) is 0 Å². The molecule has 2 nitrogen and oxygen atoms in total. The van der Waals surface area contributed by atoms with Gasteiger partial charge in [-0.1, -0.05) is 19.1 Å². The Kier molecular flexibility index (Phi) is 7.72. The first-order chi connectivity index (χ1) is 15.7. The Morgan fingerprint density at radius 3 is 2.03 bits per heavy atom. The Morgan fingerprint density at radius 2 is 1.52 bits per heavy atom. The van der Waals surface area contributed by atoms with Gasteiger partial charge >= 0.3 is 6.11 Å². The number of nitrogens with zero attached hydrogens (tertiary/aromatic N) is 1. The maximum absolute atomic E-state index is 14.6. The third-order valence-corrected chi connectivity index (χ3v) is 5.92. The second kappa shape index (κ2) is 10.3. The fourth-order valence-electron chi connectivity index (χ4n) is 4.21. The number of allylic oxidation sites excluding steroid dienone is 2. The fraction of sp³-hybridized carbons (Fsp3) is 0.400. The molecule has 0 aromatic heterocycles. The van der Waals surface area contributed by atoms with Crippen LogP contribution in [0.1, 0.15) is 68.1 Å². The van der Waals surface area contributed by atoms with Gasteiger partial charge in [-0.2, -0.15) is 14.0 Å². The van der Waals surface area contributed by atoms with Crippen LogP contribution < -0.4 is 4.74 Å². The van der Waals surface area contributed by atoms with Gasteiger partial charge in [0.25, 0.3) is 0 Å². The largest absolute Gasteiger partial charge is 0.432 e. The van der Waals surface area contributed by atoms with Gasteiger partial charge in [-0.15, -0.1) is 0 Å². The predicted octanol–water partition coefficient (Wildman–Crippen LogP) is 7.87. The van der Waals surface area contributed by atoms with Gasteiger partial charge in [0.15, 0.2) is 0 Å². The number of halogens is 6. The molecule has 0 aliphatic heterocycles. The van der Waals surface area contributed by atoms with Crippen LogP contribution in [-0.2, 0) is 6.11 Å². The molecule has 8 heteroatoms. The van der Waals surface area contributed by atoms with Crippen molar-refractivity contribution in [2.45, 2.75) is 57.5 Å². The van der Waals surface area contributed by atoms with Crippen molar-refractivity contribution >= 4 is 0 Å². The van der Waals surface area contributed by atoms with Crippen molar-refractivity contribution in [1.82, 2.24) is 0 Å². The van der Waals surface area contributed by atoms with E-state index >= 15 is 0 Å². The van der Waals surface area contributed by atoms with Crippen LogP contribution >= 0.6 is 0 Å². The molecule has 0 N–H and O–H groups in total. The van der Waals surface area contributed by atoms with E-state index in [9.17, 15) is 26.3 Å². The summed E-state index contributed by atoms with van der Waals surface area (Å²) in [6.07, 6.45) is 4.73. The van der Waals surface area contributed by atoms with Crippen molar-refractivity contribution in [3.05, 3.63) is 76.4 Å². The first-order valence-corrected chi connectivity index (χ1v) is 10.8. The molecule has 0 heterocycles. The number of alkyl halides is 2. The van der Waals surface area contributed by atoms with Crippen molar-refractivity contribution in [1.29, 1.82) is 5.26 Å². The standard InChI is InChI=1S/C25H23F6NO/c1-2-3-4-5-15-6-8-16(9-7-15)17-10-22(28)24(23(29)11-17)25(30,31)33-18-12-20(26)19(14-32)21(27)13-18/h3-4,10-13,15-16H,2,5-9H2,1H3/b4-3-/t15-,16-. The zero-order chi connectivity index (χ0) is 24.2. The van der Waals surface area contributed by atoms with Crippen molar-refractivity contribution in [2.24, 2.45) is 5.92 Å². The van der Waals surface area contributed by atoms with Gasteiger partial charge in [-0.3, -0.25) is 0 Å². The third kappa shape index (κ3) is 5.70. The molecule has 1 saturated carbocycles. The van der Waals surface area contributed by atoms with E-state index in [4.69, 9.17) is 5.26 Å². The molecule has 2 aromatic rings. The Labute approximate surface area is 188 Å². The average molecular weight is 467 g/mol. The van der Waals surface area contributed by atoms with Crippen molar-refractivity contribution in [2.75, 3.05) is 0 Å². The highest BCUT2D eigenvalue weighted by Gasteiger charge is 2.42. The van der Waals surface area contributed by atoms with Gasteiger partial charge in [0, 0.05) is 12.1 Å². The van der Waals surface area contributed by atoms with Crippen LogP contribution in [0.4, 0.5) is 26.3 Å². The molecule has 33 heavy (non-hydrogen) atoms. The molecule has 1 aliphatic rings. The fourth-order valence-corrected chi connectivity index (χ4v) is 4.21. The van der Waals surface area contributed by atoms with Gasteiger partial charge < -0.3 is 4.74 Å². The number of nitriles is 1. The van der Waals surface area contributed by atoms with E-state index in [1.807, 2.05) is 0 Å². The molecule has 0 atom stereocenters. The first kappa shape index (κ1) is 24.7. The summed E-state index contributed by atoms with van der Waals surface area (Å²) in [5.41, 5.74) is -2.33. The minimum atomic E-state index is -4.54. The molecule has 0 radical (unpaired) electrons. The maximum atomic E-state index is 14.6. The van der Waals surface area contributed by atoms with Gasteiger partial charge in [0.1, 0.15) is 46.2 Å². The lowest BCUT2D eigenvalue weighted by Gasteiger charge is -2.29. The van der Waals surface area contributed by atoms with Crippen LogP contribution in [0.3, 0.4) is 0 Å². The Bertz CT molecular complexity index is 1020. The lowest BCUT2D eigenvalue weighted by molar-refractivity contribution is -0.189. The van der Waals surface area contributed by atoms with E-state index in [-0.39, 0.29) is 5.92 Å². The second-order valence-corrected chi connectivity index (χ2v) is 8.19. The van der Waals surface area contributed by atoms with Crippen molar-refractivity contribution < 1.29 is 31.1 Å². The normalized spacial score (nSPS) is 19.0. The summed E-state index contributed by atoms with van der Waals surface area (Å²) < 4.78 is 90.0. The highest BCUT2D eigenvalue weighted by atomic mass is 19.3. The summed E-state index contributed by atoms with van der Waals surface area (Å²) in [6.45, 7) is 2.05. The number of ether oxygens (including phenoxy) is 1. The summed E-state index contributed by atoms with van der Waals surface area (Å²) in [5, 5.41) is 8.65. The molecule has 0 bridgehead atoms. The zero-order valence-electron chi connectivity index (χ0n) is 18.0. The molecule has 0 saturated heterocycles. The third-order valence-electron chi connectivity index (χ3n) is 5.92. The van der Waals surface area contributed by atoms with E-state index in [0.717, 1.165) is 37.8 Å². The summed E-state index contributed by atoms with van der Waals surface area (Å²) in [7, 11) is 0. The second-order valence-electron chi connectivity index (χ2n) is 8.19. The van der Waals surface area contributed by atoms with Gasteiger partial charge in [0.05, 0.1) is 0 Å². The summed E-state index contributed by atoms with van der Waals surface area (Å²) in [5.74, 6) is -6.53. The molecule has 1 fully saturated rings. The number of hydrogen-bond acceptors (Lipinski definition) is 2. The molecule has 0 unspecified atom stereocenters. The molecular weight excluding hydrogens is 444 g/mol. The molecule has 176 valence electrons. The number of hydrogen-bond donors (Lipinski definition) is 0. The molecule has 1 aliphatic carbocycles. The first-order valence-electron chi connectivity index (χ1n) is 10.8. The monoisotopic (exact) mass is 467 g/mol. The number of rotatable bonds is 7. The number of benzene rings is 2. The van der Waals surface area contributed by atoms with E-state index in [1.165, 1.54) is 6.07 Å². The minimum Gasteiger partial charge on any atom is -0.429 e. The molecule has 0 amide bonds. The predicted molar refractivity (Wildman–Crippen MR) is 111 cm³/mol. The van der Waals surface area contributed by atoms with E-state index in [1.54, 1.807) is 0 Å². The molecule has 2 aromatic carbocycles. The molecular formula is C25H23F6NO. The van der Waals surface area contributed by atoms with Crippen molar-refractivity contribution in [3.8, 4) is 11.8 Å². The summed E-state index contributed by atoms with van der Waals surface area (Å²) in [4.78, 5) is 0. The van der Waals surface area contributed by atoms with Gasteiger partial charge in [-0.05, 0) is 68.1 Å². The van der Waals surface area contributed by atoms with E-state index in [0.29, 0.717) is 36.5 Å². The smallest absolute Gasteiger partial charge is 0.429 e. The lowest BCUT2D eigenvalue weighted by Crippen LogP contribution is -2.26. The van der Waals surface area contributed by atoms with E-state index in [2.05, 4.69) is 23.8 Å². The zero-order valence-corrected chi connectivity index (χ0v) is 18.0. The van der Waals surface area contributed by atoms with Gasteiger partial charge in [0.2, 0.25) is 0 Å². The minimum absolute atomic E-state index is 0.147. The lowest BCUT2D eigenvalue weighted by atomic mass is 9.77. The van der Waals surface area contributed by atoms with Crippen LogP contribution in [0.25, 0.3) is 0 Å². The topological polar surface area (TPSA) is 33.0 Å². The quantitative estimate of drug-likeness (QED) is 0.307. The Morgan fingerprint density at radius 1 is 0.939 bits per heavy atom. The highest BCUT2D eigenvalue weighted by molar-refractivity contribution is 5.39. The van der Waals surface area contributed by atoms with E-state index < -0.39 is 46.3 Å². The van der Waals surface area contributed by atoms with Crippen LogP contribution in [0.2, 0.25) is 0 Å². The summed E-state index contributed by atoms with van der Waals surface area (Å²) in [6, 6.07) is 3.70. The van der Waals surface area contributed by atoms with Crippen LogP contribution in [-0.4, -0.2) is 0 Å². The highest BCUT2D eigenvalue weighted by Crippen LogP contribution is 2.41. The van der Waals surface area contributed by atoms with Crippen LogP contribution in [0.5, 0.6) is 5.75 Å². The van der Waals surface area contributed by atoms with Crippen LogP contribution in [0.15, 0.2) is 36.4 Å². The molecule has 0 spiro atoms. The van der Waals surface area contributed by atoms with Gasteiger partial charge in [-0.25, -0.2) is 17.6 Å². The Hall–Kier alpha value is -2.95. The molecule has 3 rings (SSSR count).